The first-order chi connectivity index (χ1) is 20.2. The summed E-state index contributed by atoms with van der Waals surface area (Å²) in [5.41, 5.74) is 5.30. The van der Waals surface area contributed by atoms with E-state index in [4.69, 9.17) is 31.5 Å². The molecule has 2 N–H and O–H groups in total. The Bertz CT molecular complexity index is 1330. The van der Waals surface area contributed by atoms with Crippen molar-refractivity contribution in [2.75, 3.05) is 43.5 Å². The summed E-state index contributed by atoms with van der Waals surface area (Å²) in [5.74, 6) is -0.631. The average molecular weight is 693 g/mol. The Hall–Kier alpha value is -3.00. The van der Waals surface area contributed by atoms with Crippen LogP contribution >= 0.6 is 27.5 Å². The maximum absolute atomic E-state index is 14.1. The molecule has 43 heavy (non-hydrogen) atoms. The monoisotopic (exact) mass is 691 g/mol. The second kappa shape index (κ2) is 13.3. The lowest BCUT2D eigenvalue weighted by atomic mass is 9.76. The van der Waals surface area contributed by atoms with Crippen LogP contribution in [0.25, 0.3) is 0 Å². The second-order valence-corrected chi connectivity index (χ2v) is 12.5. The topological polar surface area (TPSA) is 120 Å². The van der Waals surface area contributed by atoms with Crippen LogP contribution in [0.2, 0.25) is 5.02 Å². The molecule has 2 fully saturated rings. The third kappa shape index (κ3) is 7.94. The minimum absolute atomic E-state index is 0.116. The number of hydrogen-bond acceptors (Lipinski definition) is 9. The molecule has 15 heteroatoms. The summed E-state index contributed by atoms with van der Waals surface area (Å²) in [7, 11) is 0. The number of aromatic nitrogens is 2. The Morgan fingerprint density at radius 3 is 2.51 bits per heavy atom. The standard InChI is InChI=1S/C28H34BrClF3N5O5/c1-4-41-24(39)20-13-27(15-38(20)26(40)42-14-16(2)3)7-9-37(10-8-27)21-12-22(36-25(34)35-21)43-23(28(31,32)33)18-11-17(30)5-6-19(18)29/h5-6,11-12,16,20,23H,4,7-10,13-15H2,1-3H3,(H2,34,35,36)/t20?,23-/m1/s1. The molecule has 2 atom stereocenters. The minimum atomic E-state index is -4.79. The predicted octanol–water partition coefficient (Wildman–Crippen LogP) is 6.17. The third-order valence-electron chi connectivity index (χ3n) is 7.47. The lowest BCUT2D eigenvalue weighted by molar-refractivity contribution is -0.198. The number of halogens is 5. The molecule has 1 amide bonds. The number of amides is 1. The highest BCUT2D eigenvalue weighted by Crippen LogP contribution is 2.45. The maximum atomic E-state index is 14.1. The van der Waals surface area contributed by atoms with E-state index in [1.165, 1.54) is 29.2 Å². The number of ether oxygens (including phenoxy) is 3. The van der Waals surface area contributed by atoms with Crippen LogP contribution in [0.3, 0.4) is 0 Å². The van der Waals surface area contributed by atoms with E-state index >= 15 is 0 Å². The van der Waals surface area contributed by atoms with Gasteiger partial charge >= 0.3 is 18.2 Å². The van der Waals surface area contributed by atoms with Gasteiger partial charge in [-0.1, -0.05) is 41.4 Å². The fourth-order valence-electron chi connectivity index (χ4n) is 5.39. The Balaban J connectivity index is 1.51. The van der Waals surface area contributed by atoms with Gasteiger partial charge in [-0.15, -0.1) is 0 Å². The Morgan fingerprint density at radius 2 is 1.88 bits per heavy atom. The molecule has 4 rings (SSSR count). The minimum Gasteiger partial charge on any atom is -0.464 e. The van der Waals surface area contributed by atoms with Gasteiger partial charge in [-0.3, -0.25) is 4.90 Å². The Labute approximate surface area is 261 Å². The van der Waals surface area contributed by atoms with Crippen LogP contribution in [-0.4, -0.2) is 72.0 Å². The number of rotatable bonds is 8. The molecule has 236 valence electrons. The highest BCUT2D eigenvalue weighted by Gasteiger charge is 2.51. The molecule has 0 radical (unpaired) electrons. The molecule has 2 aliphatic rings. The molecule has 2 saturated heterocycles. The molecule has 2 aliphatic heterocycles. The lowest BCUT2D eigenvalue weighted by Gasteiger charge is -2.39. The number of alkyl halides is 3. The summed E-state index contributed by atoms with van der Waals surface area (Å²) in [6, 6.07) is 4.60. The third-order valence-corrected chi connectivity index (χ3v) is 8.43. The number of hydrogen-bond donors (Lipinski definition) is 1. The average Bonchev–Trinajstić information content (AvgIpc) is 3.30. The highest BCUT2D eigenvalue weighted by molar-refractivity contribution is 9.10. The first-order valence-corrected chi connectivity index (χ1v) is 15.1. The molecule has 10 nitrogen and oxygen atoms in total. The van der Waals surface area contributed by atoms with Gasteiger partial charge in [0.15, 0.2) is 0 Å². The van der Waals surface area contributed by atoms with Crippen LogP contribution in [0.5, 0.6) is 5.88 Å². The zero-order chi connectivity index (χ0) is 31.5. The van der Waals surface area contributed by atoms with Crippen molar-refractivity contribution in [2.24, 2.45) is 11.3 Å². The van der Waals surface area contributed by atoms with Crippen molar-refractivity contribution in [1.82, 2.24) is 14.9 Å². The number of nitrogens with two attached hydrogens (primary N) is 1. The zero-order valence-corrected chi connectivity index (χ0v) is 26.3. The number of benzene rings is 1. The number of anilines is 2. The summed E-state index contributed by atoms with van der Waals surface area (Å²) in [6.07, 6.45) is -6.13. The van der Waals surface area contributed by atoms with E-state index in [2.05, 4.69) is 25.9 Å². The summed E-state index contributed by atoms with van der Waals surface area (Å²) in [6.45, 7) is 7.19. The van der Waals surface area contributed by atoms with Crippen molar-refractivity contribution in [3.63, 3.8) is 0 Å². The van der Waals surface area contributed by atoms with Crippen LogP contribution in [-0.2, 0) is 14.3 Å². The predicted molar refractivity (Wildman–Crippen MR) is 157 cm³/mol. The van der Waals surface area contributed by atoms with Crippen molar-refractivity contribution < 1.29 is 37.0 Å². The van der Waals surface area contributed by atoms with Crippen LogP contribution in [0.4, 0.5) is 29.7 Å². The number of carbonyl (C=O) groups is 2. The van der Waals surface area contributed by atoms with Gasteiger partial charge in [0.25, 0.3) is 0 Å². The SMILES string of the molecule is CCOC(=O)C1CC2(CCN(c3cc(O[C@H](c4cc(Cl)ccc4Br)C(F)(F)F)nc(N)n3)CC2)CN1C(=O)OCC(C)C. The van der Waals surface area contributed by atoms with E-state index < -0.39 is 30.4 Å². The van der Waals surface area contributed by atoms with Gasteiger partial charge in [0, 0.05) is 40.8 Å². The fourth-order valence-corrected chi connectivity index (χ4v) is 6.02. The van der Waals surface area contributed by atoms with Crippen molar-refractivity contribution in [3.05, 3.63) is 39.3 Å². The lowest BCUT2D eigenvalue weighted by Crippen LogP contribution is -2.44. The van der Waals surface area contributed by atoms with Crippen LogP contribution in [0, 0.1) is 11.3 Å². The molecule has 1 aromatic heterocycles. The fraction of sp³-hybridized carbons (Fsp3) is 0.571. The normalized spacial score (nSPS) is 19.0. The number of esters is 1. The van der Waals surface area contributed by atoms with Gasteiger partial charge in [-0.25, -0.2) is 9.59 Å². The molecular weight excluding hydrogens is 659 g/mol. The van der Waals surface area contributed by atoms with E-state index in [9.17, 15) is 22.8 Å². The smallest absolute Gasteiger partial charge is 0.429 e. The number of likely N-dealkylation sites (tertiary alicyclic amines) is 1. The molecule has 1 aromatic carbocycles. The van der Waals surface area contributed by atoms with Gasteiger partial charge in [0.1, 0.15) is 11.9 Å². The Morgan fingerprint density at radius 1 is 1.19 bits per heavy atom. The molecule has 0 saturated carbocycles. The molecule has 0 aliphatic carbocycles. The molecule has 2 aromatic rings. The van der Waals surface area contributed by atoms with E-state index in [1.54, 1.807) is 6.92 Å². The molecule has 3 heterocycles. The molecule has 1 unspecified atom stereocenters. The summed E-state index contributed by atoms with van der Waals surface area (Å²) < 4.78 is 58.5. The van der Waals surface area contributed by atoms with E-state index in [1.807, 2.05) is 18.7 Å². The van der Waals surface area contributed by atoms with Gasteiger partial charge in [0.2, 0.25) is 17.9 Å². The van der Waals surface area contributed by atoms with Crippen molar-refractivity contribution >= 4 is 51.4 Å². The number of carbonyl (C=O) groups excluding carboxylic acids is 2. The highest BCUT2D eigenvalue weighted by atomic mass is 79.9. The van der Waals surface area contributed by atoms with Gasteiger partial charge in [-0.2, -0.15) is 23.1 Å². The number of nitrogen functional groups attached to an aromatic ring is 1. The largest absolute Gasteiger partial charge is 0.464 e. The van der Waals surface area contributed by atoms with Crippen molar-refractivity contribution in [1.29, 1.82) is 0 Å². The molecular formula is C28H34BrClF3N5O5. The van der Waals surface area contributed by atoms with Crippen LogP contribution < -0.4 is 15.4 Å². The molecule has 1 spiro atoms. The quantitative estimate of drug-likeness (QED) is 0.324. The van der Waals surface area contributed by atoms with Gasteiger partial charge in [0.05, 0.1) is 13.2 Å². The summed E-state index contributed by atoms with van der Waals surface area (Å²) >= 11 is 9.11. The summed E-state index contributed by atoms with van der Waals surface area (Å²) in [5, 5.41) is 0.116. The second-order valence-electron chi connectivity index (χ2n) is 11.2. The number of piperidine rings is 1. The van der Waals surface area contributed by atoms with Crippen molar-refractivity contribution in [2.45, 2.75) is 58.4 Å². The molecule has 0 bridgehead atoms. The Kier molecular flexibility index (Phi) is 10.2. The zero-order valence-electron chi connectivity index (χ0n) is 24.0. The van der Waals surface area contributed by atoms with Crippen molar-refractivity contribution in [3.8, 4) is 5.88 Å². The summed E-state index contributed by atoms with van der Waals surface area (Å²) in [4.78, 5) is 37.1. The van der Waals surface area contributed by atoms with Crippen LogP contribution in [0.1, 0.15) is 51.7 Å². The van der Waals surface area contributed by atoms with E-state index in [0.717, 1.165) is 0 Å². The maximum Gasteiger partial charge on any atom is 0.429 e. The van der Waals surface area contributed by atoms with Gasteiger partial charge < -0.3 is 24.8 Å². The van der Waals surface area contributed by atoms with E-state index in [0.29, 0.717) is 44.7 Å². The first kappa shape index (κ1) is 32.9. The number of nitrogens with zero attached hydrogens (tertiary/aromatic N) is 4. The van der Waals surface area contributed by atoms with E-state index in [-0.39, 0.29) is 51.4 Å². The van der Waals surface area contributed by atoms with Gasteiger partial charge in [-0.05, 0) is 55.7 Å². The van der Waals surface area contributed by atoms with Crippen LogP contribution in [0.15, 0.2) is 28.7 Å². The first-order valence-electron chi connectivity index (χ1n) is 13.9.